The van der Waals surface area contributed by atoms with Gasteiger partial charge >= 0.3 is 6.01 Å². The molecule has 1 fully saturated rings. The van der Waals surface area contributed by atoms with Gasteiger partial charge in [-0.1, -0.05) is 41.1 Å². The molecule has 3 rings (SSSR count). The van der Waals surface area contributed by atoms with Crippen molar-refractivity contribution in [2.45, 2.75) is 32.1 Å². The van der Waals surface area contributed by atoms with E-state index in [1.807, 2.05) is 0 Å². The van der Waals surface area contributed by atoms with Gasteiger partial charge in [0.15, 0.2) is 0 Å². The number of carbonyl (C=O) groups excluding carboxylic acids is 1. The van der Waals surface area contributed by atoms with Crippen LogP contribution in [0, 0.1) is 5.92 Å². The molecule has 0 saturated heterocycles. The van der Waals surface area contributed by atoms with Crippen molar-refractivity contribution in [3.63, 3.8) is 0 Å². The van der Waals surface area contributed by atoms with Crippen molar-refractivity contribution in [3.05, 3.63) is 39.7 Å². The highest BCUT2D eigenvalue weighted by molar-refractivity contribution is 6.42. The number of benzene rings is 1. The summed E-state index contributed by atoms with van der Waals surface area (Å²) < 4.78 is 5.48. The van der Waals surface area contributed by atoms with Gasteiger partial charge in [0.05, 0.1) is 10.0 Å². The first kappa shape index (κ1) is 15.3. The van der Waals surface area contributed by atoms with Gasteiger partial charge in [0.1, 0.15) is 0 Å². The first-order valence-electron chi connectivity index (χ1n) is 7.20. The second-order valence-electron chi connectivity index (χ2n) is 5.44. The van der Waals surface area contributed by atoms with E-state index < -0.39 is 0 Å². The van der Waals surface area contributed by atoms with Crippen molar-refractivity contribution in [3.8, 4) is 0 Å². The fraction of sp³-hybridized carbons (Fsp3) is 0.400. The van der Waals surface area contributed by atoms with Gasteiger partial charge in [-0.15, -0.1) is 5.10 Å². The fourth-order valence-electron chi connectivity index (χ4n) is 2.65. The zero-order chi connectivity index (χ0) is 15.5. The van der Waals surface area contributed by atoms with Crippen molar-refractivity contribution in [1.82, 2.24) is 10.2 Å². The second kappa shape index (κ2) is 6.67. The molecule has 0 bridgehead atoms. The van der Waals surface area contributed by atoms with Crippen molar-refractivity contribution in [1.29, 1.82) is 0 Å². The summed E-state index contributed by atoms with van der Waals surface area (Å²) >= 11 is 11.7. The van der Waals surface area contributed by atoms with Gasteiger partial charge in [-0.05, 0) is 37.0 Å². The maximum atomic E-state index is 12.1. The van der Waals surface area contributed by atoms with Crippen LogP contribution in [-0.4, -0.2) is 16.1 Å². The minimum absolute atomic E-state index is 0.101. The minimum Gasteiger partial charge on any atom is -0.408 e. The molecule has 2 aromatic rings. The SMILES string of the molecule is O=C(Nc1nnc(CC2CCCC2)o1)c1ccc(Cl)c(Cl)c1. The van der Waals surface area contributed by atoms with Crippen LogP contribution in [-0.2, 0) is 6.42 Å². The highest BCUT2D eigenvalue weighted by Crippen LogP contribution is 2.28. The molecule has 1 heterocycles. The molecule has 0 spiro atoms. The van der Waals surface area contributed by atoms with Crippen LogP contribution in [0.15, 0.2) is 22.6 Å². The normalized spacial score (nSPS) is 15.2. The summed E-state index contributed by atoms with van der Waals surface area (Å²) in [6, 6.07) is 4.75. The molecule has 1 aliphatic rings. The standard InChI is InChI=1S/C15H15Cl2N3O2/c16-11-6-5-10(8-12(11)17)14(21)18-15-20-19-13(22-15)7-9-3-1-2-4-9/h5-6,8-9H,1-4,7H2,(H,18,20,21). The van der Waals surface area contributed by atoms with Gasteiger partial charge in [0, 0.05) is 12.0 Å². The number of hydrogen-bond acceptors (Lipinski definition) is 4. The third kappa shape index (κ3) is 3.59. The Morgan fingerprint density at radius 3 is 2.73 bits per heavy atom. The van der Waals surface area contributed by atoms with E-state index in [1.165, 1.54) is 31.7 Å². The lowest BCUT2D eigenvalue weighted by Gasteiger charge is -2.04. The molecule has 116 valence electrons. The predicted molar refractivity (Wildman–Crippen MR) is 84.4 cm³/mol. The molecular weight excluding hydrogens is 325 g/mol. The van der Waals surface area contributed by atoms with Gasteiger partial charge in [0.25, 0.3) is 5.91 Å². The lowest BCUT2D eigenvalue weighted by atomic mass is 10.0. The molecule has 0 atom stereocenters. The number of aromatic nitrogens is 2. The van der Waals surface area contributed by atoms with E-state index in [9.17, 15) is 4.79 Å². The molecule has 0 radical (unpaired) electrons. The summed E-state index contributed by atoms with van der Waals surface area (Å²) in [6.45, 7) is 0. The largest absolute Gasteiger partial charge is 0.408 e. The zero-order valence-corrected chi connectivity index (χ0v) is 13.3. The third-order valence-electron chi connectivity index (χ3n) is 3.81. The molecule has 0 unspecified atom stereocenters. The Kier molecular flexibility index (Phi) is 4.64. The number of amides is 1. The molecule has 1 N–H and O–H groups in total. The molecule has 0 aliphatic heterocycles. The summed E-state index contributed by atoms with van der Waals surface area (Å²) in [7, 11) is 0. The summed E-state index contributed by atoms with van der Waals surface area (Å²) in [5.74, 6) is 0.810. The van der Waals surface area contributed by atoms with E-state index in [0.717, 1.165) is 6.42 Å². The van der Waals surface area contributed by atoms with Gasteiger partial charge < -0.3 is 4.42 Å². The van der Waals surface area contributed by atoms with Crippen molar-refractivity contribution in [2.75, 3.05) is 5.32 Å². The molecule has 22 heavy (non-hydrogen) atoms. The third-order valence-corrected chi connectivity index (χ3v) is 4.55. The molecule has 1 amide bonds. The first-order valence-corrected chi connectivity index (χ1v) is 7.96. The summed E-state index contributed by atoms with van der Waals surface area (Å²) in [4.78, 5) is 12.1. The highest BCUT2D eigenvalue weighted by atomic mass is 35.5. The molecule has 1 aromatic heterocycles. The Morgan fingerprint density at radius 2 is 2.00 bits per heavy atom. The summed E-state index contributed by atoms with van der Waals surface area (Å²) in [6.07, 6.45) is 5.70. The monoisotopic (exact) mass is 339 g/mol. The lowest BCUT2D eigenvalue weighted by molar-refractivity contribution is 0.102. The Hall–Kier alpha value is -1.59. The Bertz CT molecular complexity index is 681. The topological polar surface area (TPSA) is 68.0 Å². The highest BCUT2D eigenvalue weighted by Gasteiger charge is 2.19. The van der Waals surface area contributed by atoms with Gasteiger partial charge in [-0.2, -0.15) is 0 Å². The van der Waals surface area contributed by atoms with Crippen molar-refractivity contribution < 1.29 is 9.21 Å². The number of hydrogen-bond donors (Lipinski definition) is 1. The maximum absolute atomic E-state index is 12.1. The number of rotatable bonds is 4. The van der Waals surface area contributed by atoms with E-state index in [-0.39, 0.29) is 11.9 Å². The average molecular weight is 340 g/mol. The molecule has 1 aromatic carbocycles. The smallest absolute Gasteiger partial charge is 0.322 e. The lowest BCUT2D eigenvalue weighted by Crippen LogP contribution is -2.12. The van der Waals surface area contributed by atoms with E-state index >= 15 is 0 Å². The minimum atomic E-state index is -0.366. The van der Waals surface area contributed by atoms with Gasteiger partial charge in [0.2, 0.25) is 5.89 Å². The van der Waals surface area contributed by atoms with Crippen LogP contribution in [0.3, 0.4) is 0 Å². The molecule has 1 saturated carbocycles. The van der Waals surface area contributed by atoms with Crippen LogP contribution in [0.4, 0.5) is 6.01 Å². The quantitative estimate of drug-likeness (QED) is 0.898. The predicted octanol–water partition coefficient (Wildman–Crippen LogP) is 4.36. The first-order chi connectivity index (χ1) is 10.6. The van der Waals surface area contributed by atoms with Crippen LogP contribution in [0.25, 0.3) is 0 Å². The Morgan fingerprint density at radius 1 is 1.23 bits per heavy atom. The molecule has 7 heteroatoms. The van der Waals surface area contributed by atoms with E-state index in [1.54, 1.807) is 12.1 Å². The number of nitrogens with zero attached hydrogens (tertiary/aromatic N) is 2. The van der Waals surface area contributed by atoms with E-state index in [0.29, 0.717) is 27.4 Å². The number of nitrogens with one attached hydrogen (secondary N) is 1. The summed E-state index contributed by atoms with van der Waals surface area (Å²) in [5, 5.41) is 11.1. The number of carbonyl (C=O) groups is 1. The number of halogens is 2. The second-order valence-corrected chi connectivity index (χ2v) is 6.25. The summed E-state index contributed by atoms with van der Waals surface area (Å²) in [5.41, 5.74) is 0.380. The van der Waals surface area contributed by atoms with Gasteiger partial charge in [-0.3, -0.25) is 10.1 Å². The van der Waals surface area contributed by atoms with Crippen LogP contribution >= 0.6 is 23.2 Å². The van der Waals surface area contributed by atoms with Crippen LogP contribution in [0.5, 0.6) is 0 Å². The zero-order valence-electron chi connectivity index (χ0n) is 11.8. The maximum Gasteiger partial charge on any atom is 0.322 e. The van der Waals surface area contributed by atoms with Crippen LogP contribution in [0.1, 0.15) is 41.9 Å². The molecule has 5 nitrogen and oxygen atoms in total. The van der Waals surface area contributed by atoms with E-state index in [4.69, 9.17) is 27.6 Å². The Balaban J connectivity index is 1.63. The fourth-order valence-corrected chi connectivity index (χ4v) is 2.95. The Labute approximate surface area is 138 Å². The van der Waals surface area contributed by atoms with Crippen molar-refractivity contribution >= 4 is 35.1 Å². The van der Waals surface area contributed by atoms with Gasteiger partial charge in [-0.25, -0.2) is 0 Å². The van der Waals surface area contributed by atoms with E-state index in [2.05, 4.69) is 15.5 Å². The van der Waals surface area contributed by atoms with Crippen LogP contribution < -0.4 is 5.32 Å². The number of anilines is 1. The average Bonchev–Trinajstić information content (AvgIpc) is 3.14. The molecular formula is C15H15Cl2N3O2. The molecule has 1 aliphatic carbocycles. The van der Waals surface area contributed by atoms with Crippen LogP contribution in [0.2, 0.25) is 10.0 Å². The van der Waals surface area contributed by atoms with Crippen molar-refractivity contribution in [2.24, 2.45) is 5.92 Å².